The molecule has 1 atom stereocenters. The van der Waals surface area contributed by atoms with Crippen LogP contribution in [0.25, 0.3) is 0 Å². The molecule has 0 aromatic heterocycles. The van der Waals surface area contributed by atoms with E-state index in [-0.39, 0.29) is 11.8 Å². The van der Waals surface area contributed by atoms with Gasteiger partial charge in [-0.3, -0.25) is 4.79 Å². The predicted molar refractivity (Wildman–Crippen MR) is 53.3 cm³/mol. The van der Waals surface area contributed by atoms with E-state index in [4.69, 9.17) is 11.6 Å². The lowest BCUT2D eigenvalue weighted by Crippen LogP contribution is -2.22. The number of benzene rings is 1. The third-order valence-corrected chi connectivity index (χ3v) is 2.75. The number of hydrogen-bond acceptors (Lipinski definition) is 1. The van der Waals surface area contributed by atoms with E-state index in [1.807, 2.05) is 25.1 Å². The van der Waals surface area contributed by atoms with Crippen LogP contribution in [0.15, 0.2) is 18.2 Å². The van der Waals surface area contributed by atoms with E-state index in [1.165, 1.54) is 0 Å². The van der Waals surface area contributed by atoms with Gasteiger partial charge in [-0.1, -0.05) is 11.6 Å². The summed E-state index contributed by atoms with van der Waals surface area (Å²) in [5.41, 5.74) is 2.00. The molecule has 0 unspecified atom stereocenters. The maximum atomic E-state index is 11.6. The molecular formula is C10H10ClNO. The summed E-state index contributed by atoms with van der Waals surface area (Å²) < 4.78 is 0. The second-order valence-corrected chi connectivity index (χ2v) is 3.76. The van der Waals surface area contributed by atoms with Crippen LogP contribution in [0, 0.1) is 0 Å². The minimum absolute atomic E-state index is 0.0568. The fourth-order valence-corrected chi connectivity index (χ4v) is 1.90. The lowest BCUT2D eigenvalue weighted by molar-refractivity contribution is -0.118. The van der Waals surface area contributed by atoms with Crippen LogP contribution in [-0.2, 0) is 4.79 Å². The Morgan fingerprint density at radius 1 is 1.46 bits per heavy atom. The lowest BCUT2D eigenvalue weighted by Gasteiger charge is -2.09. The van der Waals surface area contributed by atoms with Gasteiger partial charge in [-0.25, -0.2) is 0 Å². The van der Waals surface area contributed by atoms with Gasteiger partial charge >= 0.3 is 0 Å². The van der Waals surface area contributed by atoms with E-state index in [0.29, 0.717) is 5.02 Å². The highest BCUT2D eigenvalue weighted by Crippen LogP contribution is 2.37. The highest BCUT2D eigenvalue weighted by atomic mass is 35.5. The molecule has 1 aliphatic rings. The summed E-state index contributed by atoms with van der Waals surface area (Å²) in [4.78, 5) is 13.2. The Hall–Kier alpha value is -1.02. The van der Waals surface area contributed by atoms with Gasteiger partial charge in [0.1, 0.15) is 0 Å². The Morgan fingerprint density at radius 2 is 2.15 bits per heavy atom. The van der Waals surface area contributed by atoms with Crippen LogP contribution in [0.4, 0.5) is 5.69 Å². The Labute approximate surface area is 82.1 Å². The molecule has 2 nitrogen and oxygen atoms in total. The van der Waals surface area contributed by atoms with Crippen LogP contribution in [0.1, 0.15) is 18.4 Å². The Kier molecular flexibility index (Phi) is 1.81. The number of fused-ring (bicyclic) bond motifs is 1. The van der Waals surface area contributed by atoms with Crippen molar-refractivity contribution in [3.05, 3.63) is 28.8 Å². The summed E-state index contributed by atoms with van der Waals surface area (Å²) >= 11 is 5.85. The van der Waals surface area contributed by atoms with Crippen molar-refractivity contribution in [2.24, 2.45) is 0 Å². The smallest absolute Gasteiger partial charge is 0.234 e. The van der Waals surface area contributed by atoms with Crippen LogP contribution >= 0.6 is 11.6 Å². The minimum Gasteiger partial charge on any atom is -0.315 e. The van der Waals surface area contributed by atoms with Crippen molar-refractivity contribution in [3.8, 4) is 0 Å². The van der Waals surface area contributed by atoms with E-state index >= 15 is 0 Å². The molecule has 13 heavy (non-hydrogen) atoms. The van der Waals surface area contributed by atoms with E-state index in [1.54, 1.807) is 11.9 Å². The molecule has 0 fully saturated rings. The van der Waals surface area contributed by atoms with Gasteiger partial charge in [0.2, 0.25) is 5.91 Å². The lowest BCUT2D eigenvalue weighted by atomic mass is 10.0. The van der Waals surface area contributed by atoms with Crippen molar-refractivity contribution in [2.45, 2.75) is 12.8 Å². The zero-order valence-electron chi connectivity index (χ0n) is 7.54. The van der Waals surface area contributed by atoms with Gasteiger partial charge in [0, 0.05) is 17.8 Å². The molecular weight excluding hydrogens is 186 g/mol. The highest BCUT2D eigenvalue weighted by molar-refractivity contribution is 6.31. The van der Waals surface area contributed by atoms with Crippen molar-refractivity contribution in [3.63, 3.8) is 0 Å². The van der Waals surface area contributed by atoms with Crippen LogP contribution in [-0.4, -0.2) is 13.0 Å². The quantitative estimate of drug-likeness (QED) is 0.623. The summed E-state index contributed by atoms with van der Waals surface area (Å²) in [5, 5.41) is 0.689. The van der Waals surface area contributed by atoms with Gasteiger partial charge in [-0.2, -0.15) is 0 Å². The monoisotopic (exact) mass is 195 g/mol. The normalized spacial score (nSPS) is 20.7. The van der Waals surface area contributed by atoms with Gasteiger partial charge in [-0.15, -0.1) is 0 Å². The zero-order valence-corrected chi connectivity index (χ0v) is 8.30. The van der Waals surface area contributed by atoms with Crippen molar-refractivity contribution in [2.75, 3.05) is 11.9 Å². The van der Waals surface area contributed by atoms with Crippen LogP contribution in [0.5, 0.6) is 0 Å². The number of anilines is 1. The molecule has 0 saturated carbocycles. The zero-order chi connectivity index (χ0) is 9.59. The second-order valence-electron chi connectivity index (χ2n) is 3.32. The molecule has 0 N–H and O–H groups in total. The third-order valence-electron chi connectivity index (χ3n) is 2.52. The first-order valence-corrected chi connectivity index (χ1v) is 4.56. The number of rotatable bonds is 0. The van der Waals surface area contributed by atoms with E-state index in [0.717, 1.165) is 11.3 Å². The molecule has 2 rings (SSSR count). The average Bonchev–Trinajstić information content (AvgIpc) is 2.32. The molecule has 1 aromatic rings. The first-order chi connectivity index (χ1) is 6.11. The molecule has 68 valence electrons. The van der Waals surface area contributed by atoms with Crippen molar-refractivity contribution < 1.29 is 4.79 Å². The van der Waals surface area contributed by atoms with E-state index < -0.39 is 0 Å². The Balaban J connectivity index is 2.60. The summed E-state index contributed by atoms with van der Waals surface area (Å²) in [7, 11) is 1.79. The molecule has 0 bridgehead atoms. The number of halogens is 1. The minimum atomic E-state index is -0.0568. The summed E-state index contributed by atoms with van der Waals surface area (Å²) in [6.07, 6.45) is 0. The molecule has 3 heteroatoms. The van der Waals surface area contributed by atoms with E-state index in [2.05, 4.69) is 0 Å². The number of amides is 1. The topological polar surface area (TPSA) is 20.3 Å². The molecule has 0 aliphatic carbocycles. The number of hydrogen-bond donors (Lipinski definition) is 0. The standard InChI is InChI=1S/C10H10ClNO/c1-6-8-5-7(11)3-4-9(8)12(2)10(6)13/h3-6H,1-2H3/t6-/m1/s1. The molecule has 1 heterocycles. The maximum absolute atomic E-state index is 11.6. The Morgan fingerprint density at radius 3 is 2.85 bits per heavy atom. The number of carbonyl (C=O) groups excluding carboxylic acids is 1. The molecule has 1 aromatic carbocycles. The number of likely N-dealkylation sites (N-methyl/N-ethyl adjacent to an activating group) is 1. The summed E-state index contributed by atoms with van der Waals surface area (Å²) in [5.74, 6) is 0.0796. The summed E-state index contributed by atoms with van der Waals surface area (Å²) in [6, 6.07) is 5.56. The van der Waals surface area contributed by atoms with Crippen molar-refractivity contribution in [1.82, 2.24) is 0 Å². The van der Waals surface area contributed by atoms with Crippen LogP contribution in [0.3, 0.4) is 0 Å². The third kappa shape index (κ3) is 1.13. The van der Waals surface area contributed by atoms with Gasteiger partial charge in [0.15, 0.2) is 0 Å². The van der Waals surface area contributed by atoms with Crippen molar-refractivity contribution in [1.29, 1.82) is 0 Å². The average molecular weight is 196 g/mol. The largest absolute Gasteiger partial charge is 0.315 e. The predicted octanol–water partition coefficient (Wildman–Crippen LogP) is 2.42. The van der Waals surface area contributed by atoms with E-state index in [9.17, 15) is 4.79 Å². The fraction of sp³-hybridized carbons (Fsp3) is 0.300. The molecule has 0 spiro atoms. The van der Waals surface area contributed by atoms with Gasteiger partial charge in [0.05, 0.1) is 5.92 Å². The SMILES string of the molecule is C[C@H]1C(=O)N(C)c2ccc(Cl)cc21. The number of carbonyl (C=O) groups is 1. The van der Waals surface area contributed by atoms with Gasteiger partial charge < -0.3 is 4.90 Å². The maximum Gasteiger partial charge on any atom is 0.234 e. The first-order valence-electron chi connectivity index (χ1n) is 4.18. The van der Waals surface area contributed by atoms with Gasteiger partial charge in [-0.05, 0) is 30.7 Å². The fourth-order valence-electron chi connectivity index (χ4n) is 1.72. The van der Waals surface area contributed by atoms with Crippen LogP contribution < -0.4 is 4.90 Å². The van der Waals surface area contributed by atoms with Crippen LogP contribution in [0.2, 0.25) is 5.02 Å². The van der Waals surface area contributed by atoms with Gasteiger partial charge in [0.25, 0.3) is 0 Å². The Bertz CT molecular complexity index is 375. The highest BCUT2D eigenvalue weighted by Gasteiger charge is 2.31. The first kappa shape index (κ1) is 8.57. The molecule has 0 radical (unpaired) electrons. The summed E-state index contributed by atoms with van der Waals surface area (Å²) in [6.45, 7) is 1.90. The number of nitrogens with zero attached hydrogens (tertiary/aromatic N) is 1. The van der Waals surface area contributed by atoms with Crippen molar-refractivity contribution >= 4 is 23.2 Å². The molecule has 1 amide bonds. The molecule has 1 aliphatic heterocycles. The molecule has 0 saturated heterocycles. The second kappa shape index (κ2) is 2.74.